The highest BCUT2D eigenvalue weighted by atomic mass is 15.2. The molecule has 0 spiro atoms. The van der Waals surface area contributed by atoms with E-state index in [1.165, 1.54) is 45.1 Å². The van der Waals surface area contributed by atoms with Crippen LogP contribution in [0.1, 0.15) is 59.3 Å². The van der Waals surface area contributed by atoms with E-state index >= 15 is 0 Å². The SMILES string of the molecule is CCCNC1CCC(C(C)C)CC1N(C)C1CC1. The zero-order valence-electron chi connectivity index (χ0n) is 12.8. The fourth-order valence-corrected chi connectivity index (χ4v) is 3.55. The summed E-state index contributed by atoms with van der Waals surface area (Å²) in [5.74, 6) is 1.79. The van der Waals surface area contributed by atoms with E-state index in [2.05, 4.69) is 38.0 Å². The van der Waals surface area contributed by atoms with Gasteiger partial charge in [0.25, 0.3) is 0 Å². The number of likely N-dealkylation sites (N-methyl/N-ethyl adjacent to an activating group) is 1. The van der Waals surface area contributed by atoms with E-state index in [0.717, 1.165) is 30.0 Å². The maximum Gasteiger partial charge on any atom is 0.0251 e. The largest absolute Gasteiger partial charge is 0.312 e. The van der Waals surface area contributed by atoms with Gasteiger partial charge in [-0.15, -0.1) is 0 Å². The van der Waals surface area contributed by atoms with Gasteiger partial charge in [0.05, 0.1) is 0 Å². The van der Waals surface area contributed by atoms with Crippen molar-refractivity contribution in [2.24, 2.45) is 11.8 Å². The van der Waals surface area contributed by atoms with E-state index in [0.29, 0.717) is 0 Å². The molecule has 2 nitrogen and oxygen atoms in total. The topological polar surface area (TPSA) is 15.3 Å². The molecule has 3 unspecified atom stereocenters. The van der Waals surface area contributed by atoms with Crippen LogP contribution in [0.4, 0.5) is 0 Å². The third-order valence-corrected chi connectivity index (χ3v) is 5.10. The highest BCUT2D eigenvalue weighted by molar-refractivity contribution is 4.96. The summed E-state index contributed by atoms with van der Waals surface area (Å²) in [7, 11) is 2.37. The molecule has 106 valence electrons. The Labute approximate surface area is 114 Å². The smallest absolute Gasteiger partial charge is 0.0251 e. The Morgan fingerprint density at radius 1 is 1.17 bits per heavy atom. The van der Waals surface area contributed by atoms with Crippen LogP contribution in [0, 0.1) is 11.8 Å². The zero-order chi connectivity index (χ0) is 13.1. The summed E-state index contributed by atoms with van der Waals surface area (Å²) in [5, 5.41) is 3.80. The molecule has 0 aliphatic heterocycles. The van der Waals surface area contributed by atoms with E-state index in [4.69, 9.17) is 0 Å². The van der Waals surface area contributed by atoms with Crippen LogP contribution in [0.3, 0.4) is 0 Å². The van der Waals surface area contributed by atoms with Crippen molar-refractivity contribution in [1.29, 1.82) is 0 Å². The molecule has 0 aromatic carbocycles. The molecule has 0 radical (unpaired) electrons. The standard InChI is InChI=1S/C16H32N2/c1-5-10-17-15-9-6-13(12(2)3)11-16(15)18(4)14-7-8-14/h12-17H,5-11H2,1-4H3. The highest BCUT2D eigenvalue weighted by Crippen LogP contribution is 2.36. The second-order valence-electron chi connectivity index (χ2n) is 6.84. The number of nitrogens with zero attached hydrogens (tertiary/aromatic N) is 1. The summed E-state index contributed by atoms with van der Waals surface area (Å²) in [5.41, 5.74) is 0. The summed E-state index contributed by atoms with van der Waals surface area (Å²) in [6.07, 6.45) is 8.33. The Balaban J connectivity index is 1.95. The minimum Gasteiger partial charge on any atom is -0.312 e. The normalized spacial score (nSPS) is 33.3. The Kier molecular flexibility index (Phi) is 5.08. The van der Waals surface area contributed by atoms with Crippen LogP contribution < -0.4 is 5.32 Å². The van der Waals surface area contributed by atoms with E-state index in [1.807, 2.05) is 0 Å². The summed E-state index contributed by atoms with van der Waals surface area (Å²) in [6, 6.07) is 2.42. The molecule has 3 atom stereocenters. The van der Waals surface area contributed by atoms with Crippen molar-refractivity contribution >= 4 is 0 Å². The molecule has 2 saturated carbocycles. The Bertz CT molecular complexity index is 247. The Morgan fingerprint density at radius 2 is 1.89 bits per heavy atom. The van der Waals surface area contributed by atoms with Gasteiger partial charge >= 0.3 is 0 Å². The average Bonchev–Trinajstić information content (AvgIpc) is 3.19. The van der Waals surface area contributed by atoms with Crippen LogP contribution in [0.15, 0.2) is 0 Å². The second kappa shape index (κ2) is 6.38. The van der Waals surface area contributed by atoms with Gasteiger partial charge in [-0.3, -0.25) is 4.90 Å². The molecule has 0 saturated heterocycles. The number of hydrogen-bond donors (Lipinski definition) is 1. The van der Waals surface area contributed by atoms with Gasteiger partial charge < -0.3 is 5.32 Å². The first-order chi connectivity index (χ1) is 8.63. The molecule has 0 aromatic heterocycles. The van der Waals surface area contributed by atoms with Crippen molar-refractivity contribution in [2.75, 3.05) is 13.6 Å². The van der Waals surface area contributed by atoms with Gasteiger partial charge in [-0.2, -0.15) is 0 Å². The zero-order valence-corrected chi connectivity index (χ0v) is 12.8. The molecule has 0 aromatic rings. The predicted molar refractivity (Wildman–Crippen MR) is 78.8 cm³/mol. The lowest BCUT2D eigenvalue weighted by Gasteiger charge is -2.43. The monoisotopic (exact) mass is 252 g/mol. The minimum atomic E-state index is 0.741. The molecule has 2 aliphatic rings. The van der Waals surface area contributed by atoms with E-state index in [1.54, 1.807) is 0 Å². The maximum absolute atomic E-state index is 3.80. The van der Waals surface area contributed by atoms with Crippen LogP contribution in [0.2, 0.25) is 0 Å². The average molecular weight is 252 g/mol. The van der Waals surface area contributed by atoms with Crippen LogP contribution >= 0.6 is 0 Å². The van der Waals surface area contributed by atoms with Crippen molar-refractivity contribution in [3.05, 3.63) is 0 Å². The van der Waals surface area contributed by atoms with Gasteiger partial charge in [0, 0.05) is 18.1 Å². The first-order valence-corrected chi connectivity index (χ1v) is 8.08. The lowest BCUT2D eigenvalue weighted by molar-refractivity contribution is 0.0971. The highest BCUT2D eigenvalue weighted by Gasteiger charge is 2.38. The summed E-state index contributed by atoms with van der Waals surface area (Å²) < 4.78 is 0. The van der Waals surface area contributed by atoms with E-state index < -0.39 is 0 Å². The minimum absolute atomic E-state index is 0.741. The summed E-state index contributed by atoms with van der Waals surface area (Å²) >= 11 is 0. The van der Waals surface area contributed by atoms with Crippen molar-refractivity contribution in [3.8, 4) is 0 Å². The van der Waals surface area contributed by atoms with Gasteiger partial charge in [0.2, 0.25) is 0 Å². The fourth-order valence-electron chi connectivity index (χ4n) is 3.55. The van der Waals surface area contributed by atoms with E-state index in [9.17, 15) is 0 Å². The van der Waals surface area contributed by atoms with Crippen LogP contribution in [0.5, 0.6) is 0 Å². The first-order valence-electron chi connectivity index (χ1n) is 8.08. The molecule has 0 amide bonds. The number of rotatable bonds is 6. The molecule has 1 N–H and O–H groups in total. The van der Waals surface area contributed by atoms with Gasteiger partial charge in [-0.1, -0.05) is 20.8 Å². The molecule has 18 heavy (non-hydrogen) atoms. The molecule has 0 heterocycles. The van der Waals surface area contributed by atoms with Crippen LogP contribution in [0.25, 0.3) is 0 Å². The number of nitrogens with one attached hydrogen (secondary N) is 1. The molecule has 0 bridgehead atoms. The molecule has 2 heteroatoms. The van der Waals surface area contributed by atoms with Crippen molar-refractivity contribution in [1.82, 2.24) is 10.2 Å². The van der Waals surface area contributed by atoms with Gasteiger partial charge in [-0.05, 0) is 64.0 Å². The van der Waals surface area contributed by atoms with Gasteiger partial charge in [0.15, 0.2) is 0 Å². The van der Waals surface area contributed by atoms with E-state index in [-0.39, 0.29) is 0 Å². The third kappa shape index (κ3) is 3.48. The first kappa shape index (κ1) is 14.3. The number of hydrogen-bond acceptors (Lipinski definition) is 2. The predicted octanol–water partition coefficient (Wildman–Crippen LogP) is 3.27. The van der Waals surface area contributed by atoms with Crippen molar-refractivity contribution < 1.29 is 0 Å². The summed E-state index contributed by atoms with van der Waals surface area (Å²) in [6.45, 7) is 8.26. The Hall–Kier alpha value is -0.0800. The molecular weight excluding hydrogens is 220 g/mol. The quantitative estimate of drug-likeness (QED) is 0.780. The molecule has 2 aliphatic carbocycles. The van der Waals surface area contributed by atoms with Crippen LogP contribution in [-0.2, 0) is 0 Å². The third-order valence-electron chi connectivity index (χ3n) is 5.10. The molecule has 2 rings (SSSR count). The van der Waals surface area contributed by atoms with Crippen LogP contribution in [-0.4, -0.2) is 36.6 Å². The second-order valence-corrected chi connectivity index (χ2v) is 6.84. The van der Waals surface area contributed by atoms with Gasteiger partial charge in [0.1, 0.15) is 0 Å². The lowest BCUT2D eigenvalue weighted by atomic mass is 9.76. The van der Waals surface area contributed by atoms with Crippen molar-refractivity contribution in [3.63, 3.8) is 0 Å². The van der Waals surface area contributed by atoms with Crippen molar-refractivity contribution in [2.45, 2.75) is 77.4 Å². The Morgan fingerprint density at radius 3 is 2.44 bits per heavy atom. The maximum atomic E-state index is 3.80. The molecular formula is C16H32N2. The van der Waals surface area contributed by atoms with Gasteiger partial charge in [-0.25, -0.2) is 0 Å². The molecule has 2 fully saturated rings. The summed E-state index contributed by atoms with van der Waals surface area (Å²) in [4.78, 5) is 2.70. The lowest BCUT2D eigenvalue weighted by Crippen LogP contribution is -2.53. The fraction of sp³-hybridized carbons (Fsp3) is 1.00.